The molecule has 0 aliphatic carbocycles. The number of nitrogens with zero attached hydrogens (tertiary/aromatic N) is 3. The summed E-state index contributed by atoms with van der Waals surface area (Å²) in [6, 6.07) is 20.7. The highest BCUT2D eigenvalue weighted by atomic mass is 35.5. The van der Waals surface area contributed by atoms with E-state index in [1.165, 1.54) is 16.2 Å². The Labute approximate surface area is 222 Å². The van der Waals surface area contributed by atoms with Gasteiger partial charge >= 0.3 is 5.91 Å². The van der Waals surface area contributed by atoms with Crippen molar-refractivity contribution in [2.75, 3.05) is 4.90 Å². The van der Waals surface area contributed by atoms with Crippen LogP contribution in [-0.4, -0.2) is 27.0 Å². The molecule has 2 heterocycles. The average Bonchev–Trinajstić information content (AvgIpc) is 3.43. The summed E-state index contributed by atoms with van der Waals surface area (Å²) in [5.41, 5.74) is 3.15. The molecule has 1 aromatic heterocycles. The van der Waals surface area contributed by atoms with Crippen LogP contribution in [0, 0.1) is 13.8 Å². The predicted molar refractivity (Wildman–Crippen MR) is 143 cm³/mol. The normalized spacial score (nSPS) is 16.8. The van der Waals surface area contributed by atoms with Gasteiger partial charge < -0.3 is 9.84 Å². The van der Waals surface area contributed by atoms with E-state index in [0.29, 0.717) is 33.5 Å². The molecule has 9 heteroatoms. The van der Waals surface area contributed by atoms with Crippen LogP contribution in [0.2, 0.25) is 5.02 Å². The van der Waals surface area contributed by atoms with Gasteiger partial charge in [0.25, 0.3) is 5.78 Å². The summed E-state index contributed by atoms with van der Waals surface area (Å²) in [5, 5.41) is 20.8. The van der Waals surface area contributed by atoms with E-state index in [9.17, 15) is 14.7 Å². The minimum atomic E-state index is -0.887. The molecule has 0 radical (unpaired) electrons. The Morgan fingerprint density at radius 2 is 1.76 bits per heavy atom. The molecule has 3 aromatic carbocycles. The molecule has 1 unspecified atom stereocenters. The van der Waals surface area contributed by atoms with Gasteiger partial charge in [-0.1, -0.05) is 64.9 Å². The lowest BCUT2D eigenvalue weighted by Crippen LogP contribution is -2.29. The lowest BCUT2D eigenvalue weighted by Gasteiger charge is -2.22. The number of anilines is 1. The molecule has 7 nitrogen and oxygen atoms in total. The van der Waals surface area contributed by atoms with Crippen molar-refractivity contribution >= 4 is 45.5 Å². The van der Waals surface area contributed by atoms with Crippen molar-refractivity contribution < 1.29 is 19.4 Å². The summed E-state index contributed by atoms with van der Waals surface area (Å²) in [7, 11) is 0. The maximum absolute atomic E-state index is 13.2. The summed E-state index contributed by atoms with van der Waals surface area (Å²) in [6.45, 7) is 4.18. The van der Waals surface area contributed by atoms with Gasteiger partial charge in [0.15, 0.2) is 0 Å². The molecule has 1 saturated heterocycles. The van der Waals surface area contributed by atoms with Crippen molar-refractivity contribution in [1.29, 1.82) is 0 Å². The van der Waals surface area contributed by atoms with E-state index in [4.69, 9.17) is 16.3 Å². The minimum absolute atomic E-state index is 0.0337. The number of ether oxygens (including phenoxy) is 1. The Morgan fingerprint density at radius 3 is 2.41 bits per heavy atom. The highest BCUT2D eigenvalue weighted by Gasteiger charge is 2.48. The number of carbonyl (C=O) groups excluding carboxylic acids is 2. The van der Waals surface area contributed by atoms with E-state index in [1.54, 1.807) is 55.5 Å². The Bertz CT molecular complexity index is 1510. The number of amides is 1. The maximum Gasteiger partial charge on any atom is 0.301 e. The van der Waals surface area contributed by atoms with Crippen LogP contribution in [-0.2, 0) is 16.2 Å². The first-order chi connectivity index (χ1) is 17.8. The Balaban J connectivity index is 1.50. The minimum Gasteiger partial charge on any atom is -0.507 e. The van der Waals surface area contributed by atoms with Crippen LogP contribution in [0.25, 0.3) is 5.76 Å². The van der Waals surface area contributed by atoms with E-state index in [-0.39, 0.29) is 16.5 Å². The maximum atomic E-state index is 13.2. The van der Waals surface area contributed by atoms with Crippen molar-refractivity contribution in [3.63, 3.8) is 0 Å². The smallest absolute Gasteiger partial charge is 0.301 e. The number of aromatic nitrogens is 2. The molecule has 1 atom stereocenters. The fourth-order valence-electron chi connectivity index (χ4n) is 4.21. The highest BCUT2D eigenvalue weighted by molar-refractivity contribution is 7.15. The first kappa shape index (κ1) is 24.7. The lowest BCUT2D eigenvalue weighted by molar-refractivity contribution is -0.132. The largest absolute Gasteiger partial charge is 0.507 e. The molecule has 186 valence electrons. The van der Waals surface area contributed by atoms with Crippen molar-refractivity contribution in [3.8, 4) is 5.75 Å². The summed E-state index contributed by atoms with van der Waals surface area (Å²) < 4.78 is 5.87. The molecule has 1 amide bonds. The zero-order valence-electron chi connectivity index (χ0n) is 20.0. The Kier molecular flexibility index (Phi) is 6.78. The second-order valence-corrected chi connectivity index (χ2v) is 10.2. The summed E-state index contributed by atoms with van der Waals surface area (Å²) in [5.74, 6) is -1.26. The van der Waals surface area contributed by atoms with Gasteiger partial charge in [-0.25, -0.2) is 0 Å². The van der Waals surface area contributed by atoms with Crippen LogP contribution in [0.15, 0.2) is 78.4 Å². The predicted octanol–water partition coefficient (Wildman–Crippen LogP) is 6.01. The zero-order valence-corrected chi connectivity index (χ0v) is 21.6. The monoisotopic (exact) mass is 531 g/mol. The molecule has 5 rings (SSSR count). The number of Topliss-reactive ketones (excluding diaryl/α,β-unsaturated/α-hetero) is 1. The van der Waals surface area contributed by atoms with Crippen LogP contribution in [0.5, 0.6) is 5.75 Å². The quantitative estimate of drug-likeness (QED) is 0.186. The van der Waals surface area contributed by atoms with Crippen molar-refractivity contribution in [1.82, 2.24) is 10.2 Å². The summed E-state index contributed by atoms with van der Waals surface area (Å²) >= 11 is 7.27. The number of halogens is 1. The van der Waals surface area contributed by atoms with E-state index >= 15 is 0 Å². The van der Waals surface area contributed by atoms with Gasteiger partial charge in [0.05, 0.1) is 11.6 Å². The molecule has 1 aliphatic rings. The topological polar surface area (TPSA) is 92.6 Å². The highest BCUT2D eigenvalue weighted by Crippen LogP contribution is 2.43. The number of carbonyl (C=O) groups is 2. The molecule has 0 spiro atoms. The molecule has 0 bridgehead atoms. The van der Waals surface area contributed by atoms with Crippen LogP contribution in [0.3, 0.4) is 0 Å². The second kappa shape index (κ2) is 10.2. The fourth-order valence-corrected chi connectivity index (χ4v) is 5.05. The first-order valence-corrected chi connectivity index (χ1v) is 12.7. The first-order valence-electron chi connectivity index (χ1n) is 11.5. The van der Waals surface area contributed by atoms with Crippen LogP contribution in [0.4, 0.5) is 5.13 Å². The van der Waals surface area contributed by atoms with Gasteiger partial charge in [-0.15, -0.1) is 10.2 Å². The molecular weight excluding hydrogens is 510 g/mol. The summed E-state index contributed by atoms with van der Waals surface area (Å²) in [6.07, 6.45) is 0. The van der Waals surface area contributed by atoms with E-state index in [0.717, 1.165) is 11.1 Å². The number of hydrogen-bond acceptors (Lipinski definition) is 7. The number of benzene rings is 3. The third kappa shape index (κ3) is 4.98. The Morgan fingerprint density at radius 1 is 1.03 bits per heavy atom. The molecular formula is C28H22ClN3O4S. The standard InChI is InChI=1S/C28H22ClN3O4S/c1-16-4-3-5-18(14-16)15-36-22-12-8-20(9-13-22)25(33)23-24(19-6-10-21(29)11-7-19)32(27(35)26(23)34)28-31-30-17(2)37-28/h3-14,24,33H,15H2,1-2H3. The lowest BCUT2D eigenvalue weighted by atomic mass is 9.95. The summed E-state index contributed by atoms with van der Waals surface area (Å²) in [4.78, 5) is 27.6. The van der Waals surface area contributed by atoms with Crippen molar-refractivity contribution in [2.45, 2.75) is 26.5 Å². The fraction of sp³-hybridized carbons (Fsp3) is 0.143. The molecule has 1 N–H and O–H groups in total. The van der Waals surface area contributed by atoms with Gasteiger partial charge in [0.2, 0.25) is 5.13 Å². The third-order valence-corrected chi connectivity index (χ3v) is 7.06. The van der Waals surface area contributed by atoms with Crippen LogP contribution in [0.1, 0.15) is 33.3 Å². The van der Waals surface area contributed by atoms with Gasteiger partial charge in [-0.2, -0.15) is 0 Å². The van der Waals surface area contributed by atoms with Gasteiger partial charge in [0.1, 0.15) is 23.1 Å². The van der Waals surface area contributed by atoms with Crippen molar-refractivity contribution in [3.05, 3.63) is 111 Å². The zero-order chi connectivity index (χ0) is 26.1. The number of aliphatic hydroxyl groups is 1. The van der Waals surface area contributed by atoms with Gasteiger partial charge in [0, 0.05) is 10.6 Å². The van der Waals surface area contributed by atoms with Crippen molar-refractivity contribution in [2.24, 2.45) is 0 Å². The number of aliphatic hydroxyl groups excluding tert-OH is 1. The van der Waals surface area contributed by atoms with Crippen LogP contribution < -0.4 is 9.64 Å². The Hall–Kier alpha value is -4.01. The van der Waals surface area contributed by atoms with E-state index in [2.05, 4.69) is 16.3 Å². The van der Waals surface area contributed by atoms with Crippen LogP contribution >= 0.6 is 22.9 Å². The SMILES string of the molecule is Cc1cccc(COc2ccc(C(O)=C3C(=O)C(=O)N(c4nnc(C)s4)C3c3ccc(Cl)cc3)cc2)c1. The molecule has 1 aliphatic heterocycles. The molecule has 37 heavy (non-hydrogen) atoms. The number of ketones is 1. The van der Waals surface area contributed by atoms with E-state index < -0.39 is 17.7 Å². The van der Waals surface area contributed by atoms with Gasteiger partial charge in [-0.3, -0.25) is 14.5 Å². The number of hydrogen-bond donors (Lipinski definition) is 1. The molecule has 0 saturated carbocycles. The number of aryl methyl sites for hydroxylation is 2. The van der Waals surface area contributed by atoms with Gasteiger partial charge in [-0.05, 0) is 61.4 Å². The second-order valence-electron chi connectivity index (χ2n) is 8.63. The third-order valence-electron chi connectivity index (χ3n) is 5.97. The number of rotatable bonds is 6. The molecule has 4 aromatic rings. The molecule has 1 fully saturated rings. The van der Waals surface area contributed by atoms with E-state index in [1.807, 2.05) is 25.1 Å². The average molecular weight is 532 g/mol.